The highest BCUT2D eigenvalue weighted by Gasteiger charge is 2.25. The normalized spacial score (nSPS) is 14.3. The van der Waals surface area contributed by atoms with Crippen molar-refractivity contribution in [2.45, 2.75) is 52.6 Å². The van der Waals surface area contributed by atoms with Crippen LogP contribution in [0.3, 0.4) is 0 Å². The number of nitrogens with one attached hydrogen (secondary N) is 3. The summed E-state index contributed by atoms with van der Waals surface area (Å²) >= 11 is 0. The van der Waals surface area contributed by atoms with Gasteiger partial charge in [0.2, 0.25) is 17.7 Å². The zero-order chi connectivity index (χ0) is 19.6. The second kappa shape index (κ2) is 11.4. The molecule has 0 heterocycles. The number of amides is 3. The molecule has 0 aliphatic heterocycles. The first-order chi connectivity index (χ1) is 11.6. The lowest BCUT2D eigenvalue weighted by Gasteiger charge is -2.20. The predicted molar refractivity (Wildman–Crippen MR) is 92.5 cm³/mol. The van der Waals surface area contributed by atoms with Gasteiger partial charge in [-0.3, -0.25) is 14.4 Å². The van der Waals surface area contributed by atoms with E-state index in [1.54, 1.807) is 6.92 Å². The monoisotopic (exact) mass is 358 g/mol. The average Bonchev–Trinajstić information content (AvgIpc) is 2.53. The van der Waals surface area contributed by atoms with Gasteiger partial charge >= 0.3 is 5.97 Å². The number of hydrogen-bond donors (Lipinski definition) is 5. The van der Waals surface area contributed by atoms with Gasteiger partial charge in [-0.25, -0.2) is 4.79 Å². The van der Waals surface area contributed by atoms with Crippen LogP contribution < -0.4 is 21.7 Å². The first kappa shape index (κ1) is 22.8. The van der Waals surface area contributed by atoms with E-state index in [-0.39, 0.29) is 24.9 Å². The Labute approximate surface area is 148 Å². The van der Waals surface area contributed by atoms with Gasteiger partial charge in [-0.05, 0) is 18.3 Å². The molecule has 0 rings (SSSR count). The largest absolute Gasteiger partial charge is 0.480 e. The molecule has 6 N–H and O–H groups in total. The number of aliphatic carboxylic acids is 1. The predicted octanol–water partition coefficient (Wildman–Crippen LogP) is -0.792. The van der Waals surface area contributed by atoms with Gasteiger partial charge in [-0.2, -0.15) is 0 Å². The van der Waals surface area contributed by atoms with E-state index < -0.39 is 35.8 Å². The summed E-state index contributed by atoms with van der Waals surface area (Å²) in [5, 5.41) is 16.2. The molecule has 0 bridgehead atoms. The summed E-state index contributed by atoms with van der Waals surface area (Å²) in [6.07, 6.45) is 1.09. The van der Waals surface area contributed by atoms with E-state index in [1.165, 1.54) is 0 Å². The van der Waals surface area contributed by atoms with Crippen molar-refractivity contribution in [2.24, 2.45) is 17.6 Å². The first-order valence-corrected chi connectivity index (χ1v) is 8.40. The fourth-order valence-electron chi connectivity index (χ4n) is 2.06. The third-order valence-electron chi connectivity index (χ3n) is 3.73. The van der Waals surface area contributed by atoms with Crippen molar-refractivity contribution >= 4 is 23.7 Å². The van der Waals surface area contributed by atoms with Crippen LogP contribution in [0.25, 0.3) is 0 Å². The zero-order valence-corrected chi connectivity index (χ0v) is 15.3. The maximum atomic E-state index is 11.8. The van der Waals surface area contributed by atoms with E-state index in [0.717, 1.165) is 0 Å². The van der Waals surface area contributed by atoms with Crippen LogP contribution in [0.1, 0.15) is 40.5 Å². The highest BCUT2D eigenvalue weighted by atomic mass is 16.4. The maximum Gasteiger partial charge on any atom is 0.326 e. The third-order valence-corrected chi connectivity index (χ3v) is 3.73. The number of carboxylic acid groups (broad SMARTS) is 1. The molecule has 3 amide bonds. The van der Waals surface area contributed by atoms with Gasteiger partial charge in [-0.1, -0.05) is 34.1 Å². The Morgan fingerprint density at radius 3 is 2.04 bits per heavy atom. The van der Waals surface area contributed by atoms with Crippen molar-refractivity contribution in [3.8, 4) is 0 Å². The van der Waals surface area contributed by atoms with E-state index in [9.17, 15) is 19.2 Å². The standard InChI is InChI=1S/C16H30N4O5/c1-5-10(4)14(16(24)25)20-13(22)8-18-12(21)7-19-15(23)11(17)6-9(2)3/h9-11,14H,5-8,17H2,1-4H3,(H,18,21)(H,19,23)(H,20,22)(H,24,25). The summed E-state index contributed by atoms with van der Waals surface area (Å²) < 4.78 is 0. The van der Waals surface area contributed by atoms with Crippen molar-refractivity contribution in [2.75, 3.05) is 13.1 Å². The summed E-state index contributed by atoms with van der Waals surface area (Å²) in [6.45, 7) is 6.73. The number of carboxylic acids is 1. The van der Waals surface area contributed by atoms with E-state index in [0.29, 0.717) is 12.8 Å². The molecule has 0 saturated carbocycles. The lowest BCUT2D eigenvalue weighted by molar-refractivity contribution is -0.143. The second-order valence-electron chi connectivity index (χ2n) is 6.50. The number of carbonyl (C=O) groups excluding carboxylic acids is 3. The van der Waals surface area contributed by atoms with Crippen LogP contribution in [0, 0.1) is 11.8 Å². The summed E-state index contributed by atoms with van der Waals surface area (Å²) in [7, 11) is 0. The average molecular weight is 358 g/mol. The van der Waals surface area contributed by atoms with Crippen LogP contribution in [-0.2, 0) is 19.2 Å². The van der Waals surface area contributed by atoms with Gasteiger partial charge < -0.3 is 26.8 Å². The molecule has 0 aromatic heterocycles. The van der Waals surface area contributed by atoms with E-state index in [2.05, 4.69) is 16.0 Å². The zero-order valence-electron chi connectivity index (χ0n) is 15.3. The quantitative estimate of drug-likeness (QED) is 0.326. The van der Waals surface area contributed by atoms with Gasteiger partial charge in [0, 0.05) is 0 Å². The Hall–Kier alpha value is -2.16. The van der Waals surface area contributed by atoms with Crippen molar-refractivity contribution in [1.82, 2.24) is 16.0 Å². The maximum absolute atomic E-state index is 11.8. The van der Waals surface area contributed by atoms with Crippen LogP contribution in [0.2, 0.25) is 0 Å². The first-order valence-electron chi connectivity index (χ1n) is 8.40. The molecule has 144 valence electrons. The topological polar surface area (TPSA) is 151 Å². The minimum Gasteiger partial charge on any atom is -0.480 e. The molecule has 0 aliphatic rings. The Kier molecular flexibility index (Phi) is 10.4. The number of nitrogens with two attached hydrogens (primary N) is 1. The van der Waals surface area contributed by atoms with Gasteiger partial charge in [0.15, 0.2) is 0 Å². The third kappa shape index (κ3) is 9.65. The number of hydrogen-bond acceptors (Lipinski definition) is 5. The molecule has 0 aromatic rings. The lowest BCUT2D eigenvalue weighted by atomic mass is 9.99. The van der Waals surface area contributed by atoms with Crippen LogP contribution in [0.15, 0.2) is 0 Å². The molecule has 0 aromatic carbocycles. The molecule has 0 radical (unpaired) electrons. The SMILES string of the molecule is CCC(C)C(NC(=O)CNC(=O)CNC(=O)C(N)CC(C)C)C(=O)O. The van der Waals surface area contributed by atoms with E-state index >= 15 is 0 Å². The lowest BCUT2D eigenvalue weighted by Crippen LogP contribution is -2.50. The Morgan fingerprint density at radius 2 is 1.56 bits per heavy atom. The smallest absolute Gasteiger partial charge is 0.326 e. The Bertz CT molecular complexity index is 481. The van der Waals surface area contributed by atoms with Crippen molar-refractivity contribution in [1.29, 1.82) is 0 Å². The molecule has 0 fully saturated rings. The summed E-state index contributed by atoms with van der Waals surface area (Å²) in [5.41, 5.74) is 5.69. The minimum absolute atomic E-state index is 0.237. The Morgan fingerprint density at radius 1 is 1.00 bits per heavy atom. The summed E-state index contributed by atoms with van der Waals surface area (Å²) in [6, 6.07) is -1.70. The summed E-state index contributed by atoms with van der Waals surface area (Å²) in [4.78, 5) is 46.2. The van der Waals surface area contributed by atoms with Crippen LogP contribution in [0.5, 0.6) is 0 Å². The molecule has 0 spiro atoms. The molecule has 0 aliphatic carbocycles. The highest BCUT2D eigenvalue weighted by Crippen LogP contribution is 2.07. The van der Waals surface area contributed by atoms with Crippen LogP contribution in [0.4, 0.5) is 0 Å². The molecule has 9 heteroatoms. The highest BCUT2D eigenvalue weighted by molar-refractivity contribution is 5.90. The molecule has 3 atom stereocenters. The number of carbonyl (C=O) groups is 4. The van der Waals surface area contributed by atoms with E-state index in [1.807, 2.05) is 20.8 Å². The van der Waals surface area contributed by atoms with Crippen LogP contribution in [-0.4, -0.2) is 54.0 Å². The Balaban J connectivity index is 4.22. The van der Waals surface area contributed by atoms with Gasteiger partial charge in [0.25, 0.3) is 0 Å². The van der Waals surface area contributed by atoms with E-state index in [4.69, 9.17) is 10.8 Å². The fraction of sp³-hybridized carbons (Fsp3) is 0.750. The van der Waals surface area contributed by atoms with Crippen molar-refractivity contribution in [3.05, 3.63) is 0 Å². The molecule has 3 unspecified atom stereocenters. The van der Waals surface area contributed by atoms with Gasteiger partial charge in [0.1, 0.15) is 6.04 Å². The van der Waals surface area contributed by atoms with Gasteiger partial charge in [-0.15, -0.1) is 0 Å². The van der Waals surface area contributed by atoms with Crippen LogP contribution >= 0.6 is 0 Å². The fourth-order valence-corrected chi connectivity index (χ4v) is 2.06. The minimum atomic E-state index is -1.12. The molecule has 25 heavy (non-hydrogen) atoms. The molecular formula is C16H30N4O5. The van der Waals surface area contributed by atoms with Crippen molar-refractivity contribution in [3.63, 3.8) is 0 Å². The van der Waals surface area contributed by atoms with Gasteiger partial charge in [0.05, 0.1) is 19.1 Å². The molecule has 0 saturated heterocycles. The van der Waals surface area contributed by atoms with Crippen molar-refractivity contribution < 1.29 is 24.3 Å². The molecule has 9 nitrogen and oxygen atoms in total. The second-order valence-corrected chi connectivity index (χ2v) is 6.50. The summed E-state index contributed by atoms with van der Waals surface area (Å²) in [5.74, 6) is -2.71. The number of rotatable bonds is 11. The molecular weight excluding hydrogens is 328 g/mol.